The second-order valence-electron chi connectivity index (χ2n) is 35.0. The number of rotatable bonds is 34. The SMILES string of the molecule is CCC(C)C(C)C(C)(CCOCCOc1ccc(-c2c3nc(c(-c4ccccc4)c4ccc([nH]4)c(-c4ccccc4)c4nc(c(-c5ccccc5)c5ccc2[nH]5)C=C4)C=C3)cc1)C(C)CC.CCC(C)C(C)C(C)(CCOCCOc1ccc(/C(C2=NC(/C(=C3/C=CC(=O)N3)c3ccccc3)C=C2)=c2\cc/c(=C(/C3=NC(=O)C=C3)c3ccccc3)[nH]2)cc1)C(C)CC. The van der Waals surface area contributed by atoms with Crippen LogP contribution in [-0.4, -0.2) is 93.8 Å². The van der Waals surface area contributed by atoms with Crippen LogP contribution in [0.4, 0.5) is 0 Å². The number of benzene rings is 7. The third-order valence-corrected chi connectivity index (χ3v) is 27.8. The maximum absolute atomic E-state index is 12.3. The van der Waals surface area contributed by atoms with E-state index in [1.54, 1.807) is 12.2 Å². The van der Waals surface area contributed by atoms with Gasteiger partial charge in [0.25, 0.3) is 5.91 Å². The second-order valence-corrected chi connectivity index (χ2v) is 35.0. The van der Waals surface area contributed by atoms with Crippen molar-refractivity contribution in [2.45, 2.75) is 128 Å². The Morgan fingerprint density at radius 1 is 0.378 bits per heavy atom. The van der Waals surface area contributed by atoms with Gasteiger partial charge in [-0.15, -0.1) is 0 Å². The Kier molecular flexibility index (Phi) is 28.8. The summed E-state index contributed by atoms with van der Waals surface area (Å²) in [6.07, 6.45) is 26.1. The van der Waals surface area contributed by atoms with Gasteiger partial charge in [0.05, 0.1) is 53.5 Å². The van der Waals surface area contributed by atoms with Crippen molar-refractivity contribution in [3.05, 3.63) is 329 Å². The average molecular weight is 1690 g/mol. The molecule has 0 spiro atoms. The highest BCUT2D eigenvalue weighted by Crippen LogP contribution is 2.47. The van der Waals surface area contributed by atoms with E-state index in [4.69, 9.17) is 33.9 Å². The summed E-state index contributed by atoms with van der Waals surface area (Å²) in [7, 11) is 0. The van der Waals surface area contributed by atoms with E-state index in [0.29, 0.717) is 74.3 Å². The number of H-pyrrole nitrogens is 3. The second kappa shape index (κ2) is 41.1. The average Bonchev–Trinajstić information content (AvgIpc) is 1.62. The summed E-state index contributed by atoms with van der Waals surface area (Å²) < 4.78 is 24.9. The number of carbonyl (C=O) groups is 2. The van der Waals surface area contributed by atoms with Gasteiger partial charge in [0.2, 0.25) is 5.91 Å². The normalized spacial score (nSPS) is 17.2. The minimum Gasteiger partial charge on any atom is -0.491 e. The van der Waals surface area contributed by atoms with E-state index in [2.05, 4.69) is 290 Å². The molecule has 8 bridgehead atoms. The molecule has 127 heavy (non-hydrogen) atoms. The molecular weight excluding hydrogens is 1570 g/mol. The first-order valence-corrected chi connectivity index (χ1v) is 45.6. The molecule has 4 aromatic heterocycles. The van der Waals surface area contributed by atoms with Gasteiger partial charge in [0.1, 0.15) is 24.7 Å². The monoisotopic (exact) mass is 1680 g/mol. The molecule has 2 amide bonds. The van der Waals surface area contributed by atoms with E-state index < -0.39 is 0 Å². The maximum atomic E-state index is 12.3. The van der Waals surface area contributed by atoms with Crippen LogP contribution in [0.2, 0.25) is 0 Å². The molecule has 14 heteroatoms. The van der Waals surface area contributed by atoms with Gasteiger partial charge in [-0.1, -0.05) is 291 Å². The Morgan fingerprint density at radius 2 is 0.772 bits per heavy atom. The van der Waals surface area contributed by atoms with Crippen LogP contribution >= 0.6 is 0 Å². The summed E-state index contributed by atoms with van der Waals surface area (Å²) in [5, 5.41) is 4.67. The Hall–Kier alpha value is -12.9. The summed E-state index contributed by atoms with van der Waals surface area (Å²) in [5.41, 5.74) is 23.8. The van der Waals surface area contributed by atoms with Crippen molar-refractivity contribution in [3.63, 3.8) is 0 Å². The molecule has 9 atom stereocenters. The summed E-state index contributed by atoms with van der Waals surface area (Å²) in [4.78, 5) is 56.5. The Labute approximate surface area is 749 Å². The summed E-state index contributed by atoms with van der Waals surface area (Å²) in [5.74, 6) is 4.99. The molecule has 11 aromatic rings. The fourth-order valence-electron chi connectivity index (χ4n) is 18.7. The quantitative estimate of drug-likeness (QED) is 0.0288. The van der Waals surface area contributed by atoms with Gasteiger partial charge in [-0.25, -0.2) is 15.0 Å². The number of hydrogen-bond acceptors (Lipinski definition) is 9. The standard InChI is InChI=1S/C60H62N4O2.C53H58N4O4/c1-7-40(3)42(5)60(6,41(4)8-2)36-37-65-38-39-66-47-26-24-46(25-27-47)59-54-34-32-52(63-54)57(44-20-14-10-15-21-44)50-30-28-48(61-50)56(43-18-12-9-13-19-43)49-29-31-51(62-49)58(45-22-16-11-17-23-45)53-33-35-55(59)64-53;1-7-35(3)37(5)53(6,36(4)8-2)31-32-60-33-34-61-41-21-19-40(20-22-41)52(44-25-23-42(54-44)50(38-15-11-9-12-16-38)46-27-29-48(58)56-46)45-26-24-43(55-45)51(39-17-13-10-14-18-39)47-28-30-49(59)57-47/h9-35,40-42,61,64H,7-8,36-39H2,1-6H3;9-30,35-37,42,55H,7-8,31-34H2,1-6H3,(H,56,58)/b;50-46-,51-43-,52-45-. The largest absolute Gasteiger partial charge is 0.491 e. The van der Waals surface area contributed by atoms with E-state index in [-0.39, 0.29) is 28.7 Å². The lowest BCUT2D eigenvalue weighted by Gasteiger charge is -2.43. The summed E-state index contributed by atoms with van der Waals surface area (Å²) >= 11 is 0. The number of aromatic amines is 3. The summed E-state index contributed by atoms with van der Waals surface area (Å²) in [6, 6.07) is 80.5. The molecule has 9 unspecified atom stereocenters. The zero-order valence-corrected chi connectivity index (χ0v) is 75.6. The highest BCUT2D eigenvalue weighted by atomic mass is 16.5. The van der Waals surface area contributed by atoms with Crippen molar-refractivity contribution in [2.75, 3.05) is 39.6 Å². The number of nitrogens with one attached hydrogen (secondary N) is 4. The Bertz CT molecular complexity index is 6250. The molecule has 4 N–H and O–H groups in total. The van der Waals surface area contributed by atoms with Crippen LogP contribution in [0.3, 0.4) is 0 Å². The van der Waals surface area contributed by atoms with Gasteiger partial charge in [-0.05, 0) is 201 Å². The topological polar surface area (TPSA) is 181 Å². The first-order valence-electron chi connectivity index (χ1n) is 45.6. The lowest BCUT2D eigenvalue weighted by molar-refractivity contribution is -0.115. The van der Waals surface area contributed by atoms with Crippen LogP contribution < -0.4 is 25.5 Å². The molecule has 0 saturated heterocycles. The van der Waals surface area contributed by atoms with Crippen molar-refractivity contribution in [1.82, 2.24) is 30.2 Å². The molecular formula is C113H120N8O6. The molecule has 7 aromatic carbocycles. The Balaban J connectivity index is 0.000000196. The van der Waals surface area contributed by atoms with Gasteiger partial charge in [0.15, 0.2) is 0 Å². The van der Waals surface area contributed by atoms with Crippen LogP contribution in [0.1, 0.15) is 161 Å². The zero-order valence-electron chi connectivity index (χ0n) is 75.6. The van der Waals surface area contributed by atoms with Crippen molar-refractivity contribution >= 4 is 86.3 Å². The van der Waals surface area contributed by atoms with Gasteiger partial charge in [-0.2, -0.15) is 0 Å². The van der Waals surface area contributed by atoms with Crippen LogP contribution in [-0.2, 0) is 19.1 Å². The number of allylic oxidation sites excluding steroid dienone is 3. The highest BCUT2D eigenvalue weighted by Gasteiger charge is 2.39. The minimum atomic E-state index is -0.348. The van der Waals surface area contributed by atoms with Crippen LogP contribution in [0.25, 0.3) is 108 Å². The number of hydrogen-bond donors (Lipinski definition) is 4. The van der Waals surface area contributed by atoms with E-state index in [0.717, 1.165) is 182 Å². The van der Waals surface area contributed by atoms with Crippen LogP contribution in [0.15, 0.2) is 289 Å². The smallest absolute Gasteiger partial charge is 0.270 e. The number of fused-ring (bicyclic) bond motifs is 8. The third kappa shape index (κ3) is 20.2. The lowest BCUT2D eigenvalue weighted by atomic mass is 9.62. The van der Waals surface area contributed by atoms with Gasteiger partial charge < -0.3 is 39.2 Å². The predicted molar refractivity (Wildman–Crippen MR) is 525 cm³/mol. The lowest BCUT2D eigenvalue weighted by Crippen LogP contribution is -2.37. The molecule has 0 aliphatic carbocycles. The van der Waals surface area contributed by atoms with Gasteiger partial charge in [-0.3, -0.25) is 14.6 Å². The number of aliphatic imine (C=N–C) groups is 2. The van der Waals surface area contributed by atoms with Crippen molar-refractivity contribution in [3.8, 4) is 56.0 Å². The number of nitrogens with zero attached hydrogens (tertiary/aromatic N) is 4. The summed E-state index contributed by atoms with van der Waals surface area (Å²) in [6.45, 7) is 32.0. The molecule has 648 valence electrons. The highest BCUT2D eigenvalue weighted by molar-refractivity contribution is 6.35. The van der Waals surface area contributed by atoms with Crippen molar-refractivity contribution < 1.29 is 28.5 Å². The van der Waals surface area contributed by atoms with E-state index >= 15 is 0 Å². The van der Waals surface area contributed by atoms with Crippen molar-refractivity contribution in [2.24, 2.45) is 56.3 Å². The first-order chi connectivity index (χ1) is 61.8. The molecule has 0 fully saturated rings. The Morgan fingerprint density at radius 3 is 1.17 bits per heavy atom. The molecule has 16 rings (SSSR count). The molecule has 0 saturated carbocycles. The third-order valence-electron chi connectivity index (χ3n) is 27.8. The van der Waals surface area contributed by atoms with Gasteiger partial charge >= 0.3 is 0 Å². The van der Waals surface area contributed by atoms with Crippen LogP contribution in [0, 0.1) is 46.3 Å². The molecule has 5 aliphatic heterocycles. The number of carbonyl (C=O) groups excluding carboxylic acids is 2. The fraction of sp³-hybridized carbons (Fsp3) is 0.292. The first kappa shape index (κ1) is 89.0. The predicted octanol–water partition coefficient (Wildman–Crippen LogP) is 24.8. The van der Waals surface area contributed by atoms with E-state index in [1.807, 2.05) is 97.1 Å². The van der Waals surface area contributed by atoms with E-state index in [9.17, 15) is 9.59 Å². The minimum absolute atomic E-state index is 0.153. The molecule has 9 heterocycles. The number of amides is 2. The van der Waals surface area contributed by atoms with Crippen LogP contribution in [0.5, 0.6) is 11.5 Å². The molecule has 14 nitrogen and oxygen atoms in total. The molecule has 5 aliphatic rings. The van der Waals surface area contributed by atoms with E-state index in [1.165, 1.54) is 25.3 Å². The maximum Gasteiger partial charge on any atom is 0.270 e. The van der Waals surface area contributed by atoms with Gasteiger partial charge in [0, 0.05) is 103 Å². The number of aromatic nitrogens is 5. The number of ether oxygens (including phenoxy) is 4. The fourth-order valence-corrected chi connectivity index (χ4v) is 18.7. The molecule has 0 radical (unpaired) electrons. The zero-order chi connectivity index (χ0) is 88.6. The van der Waals surface area contributed by atoms with Crippen molar-refractivity contribution in [1.29, 1.82) is 0 Å².